The minimum Gasteiger partial charge on any atom is -0.454 e. The number of ether oxygens (including phenoxy) is 2. The molecule has 0 spiro atoms. The normalized spacial score (nSPS) is 12.4. The number of thiazole rings is 1. The third-order valence-electron chi connectivity index (χ3n) is 4.74. The van der Waals surface area contributed by atoms with Crippen LogP contribution < -0.4 is 25.2 Å². The van der Waals surface area contributed by atoms with Gasteiger partial charge in [-0.25, -0.2) is 18.5 Å². The molecule has 1 aliphatic rings. The number of nitrogens with zero attached hydrogens (tertiary/aromatic N) is 1. The predicted octanol–water partition coefficient (Wildman–Crippen LogP) is 1.67. The molecule has 12 heteroatoms. The van der Waals surface area contributed by atoms with Gasteiger partial charge in [0.05, 0.1) is 17.0 Å². The maximum absolute atomic E-state index is 12.4. The van der Waals surface area contributed by atoms with Crippen LogP contribution in [0.5, 0.6) is 11.5 Å². The van der Waals surface area contributed by atoms with Gasteiger partial charge in [0.25, 0.3) is 5.91 Å². The van der Waals surface area contributed by atoms with Gasteiger partial charge >= 0.3 is 0 Å². The third-order valence-corrected chi connectivity index (χ3v) is 6.47. The number of anilines is 1. The number of rotatable bonds is 8. The Balaban J connectivity index is 1.24. The number of amides is 2. The number of primary sulfonamides is 1. The number of aromatic nitrogens is 1. The molecule has 1 aliphatic heterocycles. The van der Waals surface area contributed by atoms with Crippen molar-refractivity contribution >= 4 is 38.3 Å². The number of fused-ring (bicyclic) bond motifs is 1. The van der Waals surface area contributed by atoms with Crippen LogP contribution in [-0.2, 0) is 27.7 Å². The summed E-state index contributed by atoms with van der Waals surface area (Å²) in [5, 5.41) is 12.7. The number of sulfonamides is 1. The molecule has 0 fully saturated rings. The Morgan fingerprint density at radius 1 is 1.09 bits per heavy atom. The molecule has 172 valence electrons. The summed E-state index contributed by atoms with van der Waals surface area (Å²) in [7, 11) is -3.72. The van der Waals surface area contributed by atoms with Gasteiger partial charge < -0.3 is 14.8 Å². The fraction of sp³-hybridized carbons (Fsp3) is 0.190. The van der Waals surface area contributed by atoms with E-state index in [0.29, 0.717) is 40.9 Å². The smallest absolute Gasteiger partial charge is 0.257 e. The SMILES string of the molecule is NS(=O)(=O)c1ccc(CCNC(=O)Cc2csc(NC(=O)c3ccc4c(c3)OCO4)n2)cc1. The molecule has 0 atom stereocenters. The Hall–Kier alpha value is -3.48. The standard InChI is InChI=1S/C21H20N4O6S2/c22-33(28,29)16-4-1-13(2-5-16)7-8-23-19(26)10-15-11-32-21(24-15)25-20(27)14-3-6-17-18(9-14)31-12-30-17/h1-6,9,11H,7-8,10,12H2,(H,23,26)(H2,22,28,29)(H,24,25,27). The zero-order chi connectivity index (χ0) is 23.4. The summed E-state index contributed by atoms with van der Waals surface area (Å²) in [5.74, 6) is 0.552. The van der Waals surface area contributed by atoms with E-state index in [1.165, 1.54) is 23.5 Å². The largest absolute Gasteiger partial charge is 0.454 e. The van der Waals surface area contributed by atoms with E-state index < -0.39 is 10.0 Å². The molecule has 1 aromatic heterocycles. The lowest BCUT2D eigenvalue weighted by Crippen LogP contribution is -2.27. The quantitative estimate of drug-likeness (QED) is 0.436. The maximum atomic E-state index is 12.4. The summed E-state index contributed by atoms with van der Waals surface area (Å²) in [6, 6.07) is 11.1. The second-order valence-corrected chi connectivity index (χ2v) is 9.55. The summed E-state index contributed by atoms with van der Waals surface area (Å²) in [4.78, 5) is 29.0. The minimum atomic E-state index is -3.72. The van der Waals surface area contributed by atoms with Crippen LogP contribution >= 0.6 is 11.3 Å². The topological polar surface area (TPSA) is 150 Å². The van der Waals surface area contributed by atoms with E-state index in [9.17, 15) is 18.0 Å². The van der Waals surface area contributed by atoms with Crippen molar-refractivity contribution in [3.8, 4) is 11.5 Å². The Bertz CT molecular complexity index is 1290. The van der Waals surface area contributed by atoms with E-state index in [1.807, 2.05) is 0 Å². The summed E-state index contributed by atoms with van der Waals surface area (Å²) >= 11 is 1.23. The van der Waals surface area contributed by atoms with Crippen molar-refractivity contribution in [2.75, 3.05) is 18.7 Å². The van der Waals surface area contributed by atoms with Gasteiger partial charge in [-0.15, -0.1) is 11.3 Å². The van der Waals surface area contributed by atoms with E-state index in [4.69, 9.17) is 14.6 Å². The highest BCUT2D eigenvalue weighted by Gasteiger charge is 2.17. The van der Waals surface area contributed by atoms with Crippen molar-refractivity contribution in [3.63, 3.8) is 0 Å². The first-order valence-corrected chi connectivity index (χ1v) is 12.2. The molecular weight excluding hydrogens is 468 g/mol. The van der Waals surface area contributed by atoms with Crippen LogP contribution in [0.2, 0.25) is 0 Å². The van der Waals surface area contributed by atoms with Gasteiger partial charge in [0.1, 0.15) is 0 Å². The first kappa shape index (κ1) is 22.7. The highest BCUT2D eigenvalue weighted by Crippen LogP contribution is 2.32. The molecule has 0 unspecified atom stereocenters. The monoisotopic (exact) mass is 488 g/mol. The van der Waals surface area contributed by atoms with Crippen molar-refractivity contribution < 1.29 is 27.5 Å². The zero-order valence-corrected chi connectivity index (χ0v) is 18.9. The molecule has 33 heavy (non-hydrogen) atoms. The Labute approximate surface area is 193 Å². The van der Waals surface area contributed by atoms with Crippen molar-refractivity contribution in [1.29, 1.82) is 0 Å². The van der Waals surface area contributed by atoms with Crippen LogP contribution in [0.25, 0.3) is 0 Å². The van der Waals surface area contributed by atoms with Gasteiger partial charge in [0.15, 0.2) is 16.6 Å². The summed E-state index contributed by atoms with van der Waals surface area (Å²) in [5.41, 5.74) is 1.81. The molecule has 0 aliphatic carbocycles. The third kappa shape index (κ3) is 5.86. The lowest BCUT2D eigenvalue weighted by atomic mass is 10.1. The van der Waals surface area contributed by atoms with Crippen LogP contribution in [0.15, 0.2) is 52.7 Å². The lowest BCUT2D eigenvalue weighted by molar-refractivity contribution is -0.120. The molecule has 2 heterocycles. The van der Waals surface area contributed by atoms with Crippen molar-refractivity contribution in [3.05, 3.63) is 64.7 Å². The zero-order valence-electron chi connectivity index (χ0n) is 17.2. The second-order valence-electron chi connectivity index (χ2n) is 7.13. The van der Waals surface area contributed by atoms with Gasteiger partial charge in [0.2, 0.25) is 22.7 Å². The average molecular weight is 489 g/mol. The number of benzene rings is 2. The van der Waals surface area contributed by atoms with Crippen LogP contribution in [-0.4, -0.2) is 38.6 Å². The number of carbonyl (C=O) groups excluding carboxylic acids is 2. The average Bonchev–Trinajstić information content (AvgIpc) is 3.42. The summed E-state index contributed by atoms with van der Waals surface area (Å²) in [6.45, 7) is 0.509. The second kappa shape index (κ2) is 9.57. The predicted molar refractivity (Wildman–Crippen MR) is 121 cm³/mol. The van der Waals surface area contributed by atoms with Crippen molar-refractivity contribution in [2.45, 2.75) is 17.7 Å². The summed E-state index contributed by atoms with van der Waals surface area (Å²) < 4.78 is 33.1. The van der Waals surface area contributed by atoms with Gasteiger partial charge in [0, 0.05) is 17.5 Å². The highest BCUT2D eigenvalue weighted by atomic mass is 32.2. The van der Waals surface area contributed by atoms with Crippen LogP contribution in [0.4, 0.5) is 5.13 Å². The van der Waals surface area contributed by atoms with Gasteiger partial charge in [-0.05, 0) is 42.3 Å². The molecule has 0 saturated heterocycles. The number of carbonyl (C=O) groups is 2. The van der Waals surface area contributed by atoms with E-state index >= 15 is 0 Å². The molecule has 2 amide bonds. The van der Waals surface area contributed by atoms with Crippen molar-refractivity contribution in [2.24, 2.45) is 5.14 Å². The Kier molecular flexibility index (Phi) is 6.58. The molecule has 0 radical (unpaired) electrons. The molecule has 2 aromatic carbocycles. The number of hydrogen-bond donors (Lipinski definition) is 3. The maximum Gasteiger partial charge on any atom is 0.257 e. The number of hydrogen-bond acceptors (Lipinski definition) is 8. The Morgan fingerprint density at radius 3 is 2.61 bits per heavy atom. The first-order valence-electron chi connectivity index (χ1n) is 9.82. The molecule has 4 rings (SSSR count). The molecular formula is C21H20N4O6S2. The van der Waals surface area contributed by atoms with Gasteiger partial charge in [-0.3, -0.25) is 14.9 Å². The molecule has 0 bridgehead atoms. The van der Waals surface area contributed by atoms with E-state index in [1.54, 1.807) is 35.7 Å². The van der Waals surface area contributed by atoms with Crippen LogP contribution in [0.1, 0.15) is 21.6 Å². The van der Waals surface area contributed by atoms with Crippen LogP contribution in [0.3, 0.4) is 0 Å². The van der Waals surface area contributed by atoms with E-state index in [-0.39, 0.29) is 29.9 Å². The highest BCUT2D eigenvalue weighted by molar-refractivity contribution is 7.89. The Morgan fingerprint density at radius 2 is 1.85 bits per heavy atom. The molecule has 3 aromatic rings. The number of nitrogens with two attached hydrogens (primary N) is 1. The minimum absolute atomic E-state index is 0.0419. The molecule has 0 saturated carbocycles. The molecule has 4 N–H and O–H groups in total. The van der Waals surface area contributed by atoms with Crippen molar-refractivity contribution in [1.82, 2.24) is 10.3 Å². The van der Waals surface area contributed by atoms with Crippen LogP contribution in [0, 0.1) is 0 Å². The number of nitrogens with one attached hydrogen (secondary N) is 2. The summed E-state index contributed by atoms with van der Waals surface area (Å²) in [6.07, 6.45) is 0.602. The fourth-order valence-corrected chi connectivity index (χ4v) is 4.29. The fourth-order valence-electron chi connectivity index (χ4n) is 3.07. The molecule has 10 nitrogen and oxygen atoms in total. The van der Waals surface area contributed by atoms with E-state index in [0.717, 1.165) is 5.56 Å². The first-order chi connectivity index (χ1) is 15.8. The van der Waals surface area contributed by atoms with Gasteiger partial charge in [-0.2, -0.15) is 0 Å². The van der Waals surface area contributed by atoms with Gasteiger partial charge in [-0.1, -0.05) is 12.1 Å². The lowest BCUT2D eigenvalue weighted by Gasteiger charge is -2.05. The van der Waals surface area contributed by atoms with E-state index in [2.05, 4.69) is 15.6 Å².